The van der Waals surface area contributed by atoms with Crippen molar-refractivity contribution >= 4 is 5.82 Å². The molecule has 0 aliphatic carbocycles. The van der Waals surface area contributed by atoms with Gasteiger partial charge in [0.05, 0.1) is 0 Å². The van der Waals surface area contributed by atoms with E-state index in [4.69, 9.17) is 0 Å². The van der Waals surface area contributed by atoms with Gasteiger partial charge in [0.1, 0.15) is 0 Å². The second kappa shape index (κ2) is 5.56. The van der Waals surface area contributed by atoms with Gasteiger partial charge in [-0.15, -0.1) is 0 Å². The molecule has 2 atom stereocenters. The summed E-state index contributed by atoms with van der Waals surface area (Å²) in [6.45, 7) is 2.85. The van der Waals surface area contributed by atoms with Gasteiger partial charge >= 0.3 is 0 Å². The van der Waals surface area contributed by atoms with Crippen LogP contribution in [0.4, 0.5) is 5.82 Å². The van der Waals surface area contributed by atoms with Crippen molar-refractivity contribution in [2.45, 2.75) is 63.7 Å². The lowest BCUT2D eigenvalue weighted by molar-refractivity contribution is 0.353. The van der Waals surface area contributed by atoms with Gasteiger partial charge in [-0.25, -0.2) is 4.98 Å². The normalized spacial score (nSPS) is 28.6. The zero-order chi connectivity index (χ0) is 14.1. The van der Waals surface area contributed by atoms with E-state index >= 15 is 0 Å². The predicted octanol–water partition coefficient (Wildman–Crippen LogP) is 1.37. The summed E-state index contributed by atoms with van der Waals surface area (Å²) < 4.78 is 1.77. The maximum atomic E-state index is 12.5. The van der Waals surface area contributed by atoms with E-state index in [0.717, 1.165) is 25.8 Å². The molecule has 110 valence electrons. The van der Waals surface area contributed by atoms with E-state index in [1.54, 1.807) is 17.0 Å². The van der Waals surface area contributed by atoms with Gasteiger partial charge in [-0.3, -0.25) is 4.79 Å². The largest absolute Gasteiger partial charge is 0.352 e. The summed E-state index contributed by atoms with van der Waals surface area (Å²) in [7, 11) is 2.02. The van der Waals surface area contributed by atoms with Crippen LogP contribution in [0.2, 0.25) is 0 Å². The van der Waals surface area contributed by atoms with E-state index in [0.29, 0.717) is 23.9 Å². The van der Waals surface area contributed by atoms with Crippen molar-refractivity contribution in [2.24, 2.45) is 0 Å². The minimum Gasteiger partial charge on any atom is -0.352 e. The Bertz CT molecular complexity index is 515. The van der Waals surface area contributed by atoms with Crippen molar-refractivity contribution in [2.75, 3.05) is 11.9 Å². The van der Waals surface area contributed by atoms with Gasteiger partial charge < -0.3 is 14.8 Å². The van der Waals surface area contributed by atoms with Crippen LogP contribution in [0, 0.1) is 0 Å². The molecule has 2 unspecified atom stereocenters. The fourth-order valence-electron chi connectivity index (χ4n) is 3.61. The lowest BCUT2D eigenvalue weighted by Gasteiger charge is -2.35. The third-order valence-corrected chi connectivity index (χ3v) is 4.69. The average Bonchev–Trinajstić information content (AvgIpc) is 2.79. The zero-order valence-electron chi connectivity index (χ0n) is 12.4. The molecule has 3 rings (SSSR count). The minimum absolute atomic E-state index is 0.0442. The maximum Gasteiger partial charge on any atom is 0.293 e. The molecule has 2 aliphatic rings. The summed E-state index contributed by atoms with van der Waals surface area (Å²) in [5, 5.41) is 3.64. The Morgan fingerprint density at radius 1 is 1.40 bits per heavy atom. The molecule has 20 heavy (non-hydrogen) atoms. The minimum atomic E-state index is 0.0442. The van der Waals surface area contributed by atoms with Gasteiger partial charge in [-0.05, 0) is 32.1 Å². The standard InChI is InChI=1S/C15H24N4O/c1-3-7-19-8-6-16-14(15(19)20)18(2)13-9-11-4-5-12(10-13)17-11/h6,8,11-13,17H,3-5,7,9-10H2,1-2H3. The monoisotopic (exact) mass is 276 g/mol. The highest BCUT2D eigenvalue weighted by atomic mass is 16.1. The molecule has 0 radical (unpaired) electrons. The van der Waals surface area contributed by atoms with Crippen molar-refractivity contribution < 1.29 is 0 Å². The van der Waals surface area contributed by atoms with Gasteiger partial charge in [0.2, 0.25) is 0 Å². The highest BCUT2D eigenvalue weighted by Gasteiger charge is 2.35. The Labute approximate surface area is 120 Å². The van der Waals surface area contributed by atoms with E-state index in [9.17, 15) is 4.79 Å². The molecule has 0 saturated carbocycles. The Morgan fingerprint density at radius 2 is 2.10 bits per heavy atom. The first-order valence-electron chi connectivity index (χ1n) is 7.73. The van der Waals surface area contributed by atoms with Crippen molar-refractivity contribution in [3.63, 3.8) is 0 Å². The van der Waals surface area contributed by atoms with Crippen LogP contribution >= 0.6 is 0 Å². The number of hydrogen-bond donors (Lipinski definition) is 1. The molecule has 2 bridgehead atoms. The molecule has 0 spiro atoms. The molecule has 1 aromatic heterocycles. The zero-order valence-corrected chi connectivity index (χ0v) is 12.4. The van der Waals surface area contributed by atoms with Crippen LogP contribution in [-0.2, 0) is 6.54 Å². The molecule has 2 fully saturated rings. The Kier molecular flexibility index (Phi) is 3.78. The smallest absolute Gasteiger partial charge is 0.293 e. The fraction of sp³-hybridized carbons (Fsp3) is 0.733. The first-order chi connectivity index (χ1) is 9.69. The highest BCUT2D eigenvalue weighted by Crippen LogP contribution is 2.30. The Balaban J connectivity index is 1.82. The number of anilines is 1. The molecule has 2 aliphatic heterocycles. The lowest BCUT2D eigenvalue weighted by atomic mass is 9.98. The number of piperidine rings is 1. The van der Waals surface area contributed by atoms with Crippen LogP contribution in [0.25, 0.3) is 0 Å². The third-order valence-electron chi connectivity index (χ3n) is 4.69. The second-order valence-corrected chi connectivity index (χ2v) is 6.12. The van der Waals surface area contributed by atoms with Crippen LogP contribution in [0.3, 0.4) is 0 Å². The predicted molar refractivity (Wildman–Crippen MR) is 80.2 cm³/mol. The summed E-state index contributed by atoms with van der Waals surface area (Å²) in [6, 6.07) is 1.69. The van der Waals surface area contributed by atoms with Crippen molar-refractivity contribution in [3.8, 4) is 0 Å². The van der Waals surface area contributed by atoms with E-state index < -0.39 is 0 Å². The van der Waals surface area contributed by atoms with Crippen LogP contribution in [0.5, 0.6) is 0 Å². The molecule has 1 N–H and O–H groups in total. The molecule has 0 amide bonds. The van der Waals surface area contributed by atoms with Gasteiger partial charge in [0.15, 0.2) is 5.82 Å². The highest BCUT2D eigenvalue weighted by molar-refractivity contribution is 5.36. The quantitative estimate of drug-likeness (QED) is 0.902. The second-order valence-electron chi connectivity index (χ2n) is 6.12. The molecule has 0 aromatic carbocycles. The van der Waals surface area contributed by atoms with Crippen LogP contribution < -0.4 is 15.8 Å². The van der Waals surface area contributed by atoms with Crippen LogP contribution in [-0.4, -0.2) is 34.7 Å². The lowest BCUT2D eigenvalue weighted by Crippen LogP contribution is -2.48. The van der Waals surface area contributed by atoms with E-state index in [1.807, 2.05) is 7.05 Å². The van der Waals surface area contributed by atoms with Gasteiger partial charge in [0, 0.05) is 44.1 Å². The van der Waals surface area contributed by atoms with Crippen LogP contribution in [0.1, 0.15) is 39.0 Å². The van der Waals surface area contributed by atoms with Gasteiger partial charge in [0.25, 0.3) is 5.56 Å². The summed E-state index contributed by atoms with van der Waals surface area (Å²) in [5.41, 5.74) is 0.0442. The van der Waals surface area contributed by atoms with Crippen LogP contribution in [0.15, 0.2) is 17.2 Å². The number of aromatic nitrogens is 2. The summed E-state index contributed by atoms with van der Waals surface area (Å²) in [5.74, 6) is 0.604. The molecule has 5 nitrogen and oxygen atoms in total. The van der Waals surface area contributed by atoms with Crippen molar-refractivity contribution in [1.29, 1.82) is 0 Å². The molecule has 5 heteroatoms. The number of aryl methyl sites for hydroxylation is 1. The third kappa shape index (κ3) is 2.46. The van der Waals surface area contributed by atoms with E-state index in [-0.39, 0.29) is 5.56 Å². The van der Waals surface area contributed by atoms with Crippen molar-refractivity contribution in [3.05, 3.63) is 22.7 Å². The first kappa shape index (κ1) is 13.6. The Morgan fingerprint density at radius 3 is 2.75 bits per heavy atom. The number of nitrogens with zero attached hydrogens (tertiary/aromatic N) is 3. The van der Waals surface area contributed by atoms with Gasteiger partial charge in [-0.1, -0.05) is 6.92 Å². The summed E-state index contributed by atoms with van der Waals surface area (Å²) in [4.78, 5) is 18.9. The van der Waals surface area contributed by atoms with E-state index in [1.165, 1.54) is 12.8 Å². The summed E-state index contributed by atoms with van der Waals surface area (Å²) >= 11 is 0. The Hall–Kier alpha value is -1.36. The molecule has 1 aromatic rings. The number of nitrogens with one attached hydrogen (secondary N) is 1. The molecule has 2 saturated heterocycles. The molecular formula is C15H24N4O. The summed E-state index contributed by atoms with van der Waals surface area (Å²) in [6.07, 6.45) is 9.29. The van der Waals surface area contributed by atoms with Crippen molar-refractivity contribution in [1.82, 2.24) is 14.9 Å². The fourth-order valence-corrected chi connectivity index (χ4v) is 3.61. The number of rotatable bonds is 4. The van der Waals surface area contributed by atoms with E-state index in [2.05, 4.69) is 22.1 Å². The topological polar surface area (TPSA) is 50.2 Å². The molecular weight excluding hydrogens is 252 g/mol. The maximum absolute atomic E-state index is 12.5. The number of hydrogen-bond acceptors (Lipinski definition) is 4. The van der Waals surface area contributed by atoms with Gasteiger partial charge in [-0.2, -0.15) is 0 Å². The first-order valence-corrected chi connectivity index (χ1v) is 7.73. The molecule has 3 heterocycles. The average molecular weight is 276 g/mol. The SMILES string of the molecule is CCCn1ccnc(N(C)C2CC3CCC(C2)N3)c1=O. The number of fused-ring (bicyclic) bond motifs is 2.